The standard InChI is InChI=1S/C40H75N21O6/c41-12-3-1-2-4-13-52-23-32(63)59(21-7-16-55-39(47)48)26-33(64)60(22-8-17-56-40(49)50)27-35(66)61(24-29-10-18-51-19-11-29)28-34(65)58(20-6-15-54-38(45)46)25-31(62)57-30(36(42)67)9-5-14-53-37(43)44/h10-11,18-19,30,52H,1-9,12-17,20-28,41H2,(H2,42,67)(H,57,62)(H4,43,44,53)(H4,45,46,54)(H4,47,48,55)(H4,49,50,56)/t30-/m1/s1. The van der Waals surface area contributed by atoms with Gasteiger partial charge in [0.05, 0.1) is 26.2 Å². The van der Waals surface area contributed by atoms with Crippen LogP contribution in [0.15, 0.2) is 44.5 Å². The van der Waals surface area contributed by atoms with Crippen molar-refractivity contribution >= 4 is 59.3 Å². The molecule has 0 aliphatic heterocycles. The molecule has 27 nitrogen and oxygen atoms in total. The van der Waals surface area contributed by atoms with Gasteiger partial charge in [-0.3, -0.25) is 53.7 Å². The second-order valence-corrected chi connectivity index (χ2v) is 15.4. The van der Waals surface area contributed by atoms with Gasteiger partial charge in [-0.2, -0.15) is 0 Å². The molecule has 0 fully saturated rings. The van der Waals surface area contributed by atoms with E-state index in [-0.39, 0.29) is 108 Å². The Kier molecular flexibility index (Phi) is 29.7. The van der Waals surface area contributed by atoms with Crippen molar-refractivity contribution in [3.05, 3.63) is 30.1 Å². The van der Waals surface area contributed by atoms with Crippen molar-refractivity contribution in [2.75, 3.05) is 91.6 Å². The summed E-state index contributed by atoms with van der Waals surface area (Å²) in [6.07, 6.45) is 7.92. The molecule has 0 unspecified atom stereocenters. The van der Waals surface area contributed by atoms with Crippen LogP contribution in [0.1, 0.15) is 63.4 Å². The second-order valence-electron chi connectivity index (χ2n) is 15.4. The Morgan fingerprint density at radius 2 is 0.970 bits per heavy atom. The third-order valence-corrected chi connectivity index (χ3v) is 9.70. The molecule has 1 aromatic heterocycles. The largest absolute Gasteiger partial charge is 0.370 e. The molecule has 1 aromatic rings. The van der Waals surface area contributed by atoms with E-state index in [0.29, 0.717) is 31.5 Å². The van der Waals surface area contributed by atoms with E-state index in [4.69, 9.17) is 57.3 Å². The number of hydrogen-bond donors (Lipinski definition) is 12. The zero-order valence-electron chi connectivity index (χ0n) is 38.6. The highest BCUT2D eigenvalue weighted by Crippen LogP contribution is 2.09. The summed E-state index contributed by atoms with van der Waals surface area (Å²) in [5.41, 5.74) is 55.5. The van der Waals surface area contributed by atoms with Gasteiger partial charge < -0.3 is 87.6 Å². The van der Waals surface area contributed by atoms with Crippen molar-refractivity contribution in [1.29, 1.82) is 0 Å². The number of rotatable bonds is 36. The average Bonchev–Trinajstić information content (AvgIpc) is 3.26. The van der Waals surface area contributed by atoms with Crippen LogP contribution in [0, 0.1) is 0 Å². The summed E-state index contributed by atoms with van der Waals surface area (Å²) < 4.78 is 0. The molecule has 376 valence electrons. The highest BCUT2D eigenvalue weighted by molar-refractivity contribution is 5.92. The van der Waals surface area contributed by atoms with Crippen molar-refractivity contribution in [3.8, 4) is 0 Å². The normalized spacial score (nSPS) is 11.0. The van der Waals surface area contributed by atoms with Gasteiger partial charge in [-0.25, -0.2) is 0 Å². The van der Waals surface area contributed by atoms with Gasteiger partial charge in [0.1, 0.15) is 12.6 Å². The maximum Gasteiger partial charge on any atom is 0.242 e. The van der Waals surface area contributed by atoms with Crippen LogP contribution in [0.2, 0.25) is 0 Å². The SMILES string of the molecule is NCCCCCCNCC(=O)N(CCCN=C(N)N)CC(=O)N(CCCN=C(N)N)CC(=O)N(CC(=O)N(CCCN=C(N)N)CC(=O)N[C@H](CCCN=C(N)N)C(N)=O)Cc1ccncc1. The molecular weight excluding hydrogens is 871 g/mol. The second kappa shape index (κ2) is 34.3. The first kappa shape index (κ1) is 58.0. The maximum absolute atomic E-state index is 14.4. The first-order valence-corrected chi connectivity index (χ1v) is 22.1. The molecule has 0 bridgehead atoms. The zero-order valence-corrected chi connectivity index (χ0v) is 38.6. The number of primary amides is 1. The van der Waals surface area contributed by atoms with Gasteiger partial charge >= 0.3 is 0 Å². The summed E-state index contributed by atoms with van der Waals surface area (Å²) in [6.45, 7) is -0.200. The van der Waals surface area contributed by atoms with E-state index in [2.05, 4.69) is 35.6 Å². The molecule has 0 aliphatic rings. The Labute approximate surface area is 392 Å². The number of pyridine rings is 1. The molecule has 0 saturated carbocycles. The van der Waals surface area contributed by atoms with E-state index in [0.717, 1.165) is 25.7 Å². The monoisotopic (exact) mass is 946 g/mol. The van der Waals surface area contributed by atoms with Gasteiger partial charge in [-0.15, -0.1) is 0 Å². The van der Waals surface area contributed by atoms with Crippen molar-refractivity contribution < 1.29 is 28.8 Å². The Morgan fingerprint density at radius 1 is 0.537 bits per heavy atom. The number of guanidine groups is 4. The van der Waals surface area contributed by atoms with Gasteiger partial charge in [-0.1, -0.05) is 12.8 Å². The van der Waals surface area contributed by atoms with Crippen LogP contribution in [0.5, 0.6) is 0 Å². The lowest BCUT2D eigenvalue weighted by Gasteiger charge is -2.31. The quantitative estimate of drug-likeness (QED) is 0.0169. The first-order valence-electron chi connectivity index (χ1n) is 22.1. The van der Waals surface area contributed by atoms with Crippen LogP contribution in [0.4, 0.5) is 0 Å². The number of hydrogen-bond acceptors (Lipinski definition) is 13. The fraction of sp³-hybridized carbons (Fsp3) is 0.625. The summed E-state index contributed by atoms with van der Waals surface area (Å²) >= 11 is 0. The van der Waals surface area contributed by atoms with Crippen LogP contribution in [0.3, 0.4) is 0 Å². The highest BCUT2D eigenvalue weighted by atomic mass is 16.2. The molecule has 0 saturated heterocycles. The highest BCUT2D eigenvalue weighted by Gasteiger charge is 2.28. The van der Waals surface area contributed by atoms with E-state index in [1.165, 1.54) is 32.0 Å². The van der Waals surface area contributed by atoms with Crippen LogP contribution in [-0.2, 0) is 35.3 Å². The molecule has 1 atom stereocenters. The molecule has 0 spiro atoms. The Hall–Kier alpha value is -7.03. The van der Waals surface area contributed by atoms with Crippen molar-refractivity contribution in [3.63, 3.8) is 0 Å². The predicted molar refractivity (Wildman–Crippen MR) is 257 cm³/mol. The molecule has 27 heteroatoms. The molecule has 0 aliphatic carbocycles. The minimum absolute atomic E-state index is 0.000444. The molecule has 1 rings (SSSR count). The van der Waals surface area contributed by atoms with E-state index in [9.17, 15) is 28.8 Å². The lowest BCUT2D eigenvalue weighted by atomic mass is 10.1. The molecule has 0 radical (unpaired) electrons. The summed E-state index contributed by atoms with van der Waals surface area (Å²) in [4.78, 5) is 107. The Balaban J connectivity index is 3.47. The topological polar surface area (TPSA) is 462 Å². The molecule has 0 aromatic carbocycles. The molecule has 22 N–H and O–H groups in total. The average molecular weight is 946 g/mol. The number of nitrogens with one attached hydrogen (secondary N) is 2. The van der Waals surface area contributed by atoms with E-state index >= 15 is 0 Å². The third-order valence-electron chi connectivity index (χ3n) is 9.70. The van der Waals surface area contributed by atoms with Crippen LogP contribution < -0.4 is 68.0 Å². The number of amides is 6. The summed E-state index contributed by atoms with van der Waals surface area (Å²) in [7, 11) is 0. The van der Waals surface area contributed by atoms with E-state index in [1.807, 2.05) is 0 Å². The molecule has 67 heavy (non-hydrogen) atoms. The number of nitrogens with two attached hydrogens (primary N) is 10. The summed E-state index contributed by atoms with van der Waals surface area (Å²) in [5, 5.41) is 5.69. The van der Waals surface area contributed by atoms with Gasteiger partial charge in [0, 0.05) is 64.8 Å². The van der Waals surface area contributed by atoms with Crippen LogP contribution in [-0.4, -0.2) is 182 Å². The number of aromatic nitrogens is 1. The van der Waals surface area contributed by atoms with Crippen molar-refractivity contribution in [2.45, 2.75) is 70.4 Å². The smallest absolute Gasteiger partial charge is 0.242 e. The Morgan fingerprint density at radius 3 is 1.45 bits per heavy atom. The fourth-order valence-electron chi connectivity index (χ4n) is 6.27. The summed E-state index contributed by atoms with van der Waals surface area (Å²) in [6, 6.07) is 2.21. The number of carbonyl (C=O) groups excluding carboxylic acids is 6. The Bertz CT molecular complexity index is 1780. The molecule has 6 amide bonds. The minimum Gasteiger partial charge on any atom is -0.370 e. The van der Waals surface area contributed by atoms with Gasteiger partial charge in [0.15, 0.2) is 23.8 Å². The third kappa shape index (κ3) is 28.5. The number of aliphatic imine (C=N–C) groups is 4. The molecule has 1 heterocycles. The fourth-order valence-corrected chi connectivity index (χ4v) is 6.27. The van der Waals surface area contributed by atoms with Gasteiger partial charge in [-0.05, 0) is 75.7 Å². The summed E-state index contributed by atoms with van der Waals surface area (Å²) in [5.74, 6) is -4.32. The van der Waals surface area contributed by atoms with Gasteiger partial charge in [0.25, 0.3) is 0 Å². The lowest BCUT2D eigenvalue weighted by Crippen LogP contribution is -2.52. The van der Waals surface area contributed by atoms with Crippen LogP contribution in [0.25, 0.3) is 0 Å². The van der Waals surface area contributed by atoms with E-state index < -0.39 is 61.8 Å². The van der Waals surface area contributed by atoms with Crippen LogP contribution >= 0.6 is 0 Å². The number of nitrogens with zero attached hydrogens (tertiary/aromatic N) is 9. The number of unbranched alkanes of at least 4 members (excludes halogenated alkanes) is 3. The lowest BCUT2D eigenvalue weighted by molar-refractivity contribution is -0.147. The number of carbonyl (C=O) groups is 6. The van der Waals surface area contributed by atoms with Gasteiger partial charge in [0.2, 0.25) is 35.4 Å². The molecular formula is C40H75N21O6. The first-order chi connectivity index (χ1) is 31.9. The minimum atomic E-state index is -1.10. The zero-order chi connectivity index (χ0) is 50.0. The van der Waals surface area contributed by atoms with E-state index in [1.54, 1.807) is 12.1 Å². The van der Waals surface area contributed by atoms with Crippen molar-refractivity contribution in [1.82, 2.24) is 35.2 Å². The predicted octanol–water partition coefficient (Wildman–Crippen LogP) is -5.98. The maximum atomic E-state index is 14.4. The van der Waals surface area contributed by atoms with Crippen molar-refractivity contribution in [2.24, 2.45) is 77.3 Å².